The zero-order chi connectivity index (χ0) is 13.6. The summed E-state index contributed by atoms with van der Waals surface area (Å²) in [5, 5.41) is 10.1. The van der Waals surface area contributed by atoms with Gasteiger partial charge in [-0.05, 0) is 31.7 Å². The molecule has 0 aliphatic heterocycles. The second-order valence-corrected chi connectivity index (χ2v) is 5.41. The highest BCUT2D eigenvalue weighted by Gasteiger charge is 2.35. The lowest BCUT2D eigenvalue weighted by molar-refractivity contribution is 0.0421. The maximum absolute atomic E-state index is 10.1. The molecule has 0 radical (unpaired) electrons. The van der Waals surface area contributed by atoms with Gasteiger partial charge in [-0.25, -0.2) is 0 Å². The first-order valence-corrected chi connectivity index (χ1v) is 7.01. The molecule has 102 valence electrons. The molecule has 0 amide bonds. The van der Waals surface area contributed by atoms with E-state index in [1.165, 1.54) is 5.56 Å². The Morgan fingerprint density at radius 3 is 2.84 bits per heavy atom. The van der Waals surface area contributed by atoms with Gasteiger partial charge >= 0.3 is 0 Å². The lowest BCUT2D eigenvalue weighted by atomic mass is 9.93. The number of ether oxygens (including phenoxy) is 1. The smallest absolute Gasteiger partial charge is 0.0756 e. The first-order valence-electron chi connectivity index (χ1n) is 7.01. The van der Waals surface area contributed by atoms with Gasteiger partial charge in [0.05, 0.1) is 18.8 Å². The van der Waals surface area contributed by atoms with Crippen molar-refractivity contribution in [1.82, 2.24) is 0 Å². The molecule has 0 spiro atoms. The Labute approximate surface area is 115 Å². The van der Waals surface area contributed by atoms with E-state index in [4.69, 9.17) is 4.74 Å². The Balaban J connectivity index is 1.65. The highest BCUT2D eigenvalue weighted by molar-refractivity contribution is 5.13. The van der Waals surface area contributed by atoms with E-state index >= 15 is 0 Å². The third kappa shape index (κ3) is 4.38. The molecule has 1 N–H and O–H groups in total. The summed E-state index contributed by atoms with van der Waals surface area (Å²) in [5.74, 6) is 6.47. The predicted molar refractivity (Wildman–Crippen MR) is 76.5 cm³/mol. The molecule has 2 atom stereocenters. The molecule has 1 fully saturated rings. The largest absolute Gasteiger partial charge is 0.389 e. The molecule has 0 heterocycles. The van der Waals surface area contributed by atoms with E-state index < -0.39 is 5.60 Å². The van der Waals surface area contributed by atoms with Crippen LogP contribution in [-0.2, 0) is 11.3 Å². The van der Waals surface area contributed by atoms with Crippen LogP contribution in [0.2, 0.25) is 0 Å². The van der Waals surface area contributed by atoms with Crippen LogP contribution >= 0.6 is 0 Å². The van der Waals surface area contributed by atoms with Crippen LogP contribution in [0.1, 0.15) is 38.2 Å². The molecular formula is C17H22O2. The van der Waals surface area contributed by atoms with Crippen molar-refractivity contribution in [2.24, 2.45) is 5.92 Å². The van der Waals surface area contributed by atoms with Crippen molar-refractivity contribution in [2.75, 3.05) is 6.61 Å². The summed E-state index contributed by atoms with van der Waals surface area (Å²) in [5.41, 5.74) is 0.604. The average molecular weight is 258 g/mol. The zero-order valence-electron chi connectivity index (χ0n) is 11.6. The van der Waals surface area contributed by atoms with E-state index in [1.54, 1.807) is 0 Å². The predicted octanol–water partition coefficient (Wildman–Crippen LogP) is 3.15. The van der Waals surface area contributed by atoms with Crippen molar-refractivity contribution in [3.8, 4) is 11.8 Å². The third-order valence-electron chi connectivity index (χ3n) is 3.69. The van der Waals surface area contributed by atoms with Gasteiger partial charge in [0, 0.05) is 12.3 Å². The van der Waals surface area contributed by atoms with Gasteiger partial charge < -0.3 is 9.84 Å². The Morgan fingerprint density at radius 1 is 1.37 bits per heavy atom. The van der Waals surface area contributed by atoms with E-state index in [9.17, 15) is 5.11 Å². The molecular weight excluding hydrogens is 236 g/mol. The van der Waals surface area contributed by atoms with Crippen LogP contribution < -0.4 is 0 Å². The van der Waals surface area contributed by atoms with Crippen LogP contribution in [-0.4, -0.2) is 17.3 Å². The number of hydrogen-bond donors (Lipinski definition) is 1. The topological polar surface area (TPSA) is 29.5 Å². The van der Waals surface area contributed by atoms with Crippen LogP contribution in [0.3, 0.4) is 0 Å². The lowest BCUT2D eigenvalue weighted by Gasteiger charge is -2.20. The second-order valence-electron chi connectivity index (χ2n) is 5.41. The Kier molecular flexibility index (Phi) is 5.01. The van der Waals surface area contributed by atoms with Crippen molar-refractivity contribution in [3.05, 3.63) is 35.9 Å². The maximum Gasteiger partial charge on any atom is 0.0756 e. The van der Waals surface area contributed by atoms with Crippen LogP contribution in [0.5, 0.6) is 0 Å². The van der Waals surface area contributed by atoms with Crippen molar-refractivity contribution in [3.63, 3.8) is 0 Å². The summed E-state index contributed by atoms with van der Waals surface area (Å²) in [7, 11) is 0. The molecule has 1 saturated carbocycles. The summed E-state index contributed by atoms with van der Waals surface area (Å²) in [4.78, 5) is 0. The zero-order valence-corrected chi connectivity index (χ0v) is 11.6. The standard InChI is InChI=1S/C17H22O2/c1-17(18)12-7-11-16(17)10-5-6-13-19-14-15-8-3-2-4-9-15/h2-4,8-9,16,18H,6-7,11-14H2,1H3/t16-,17-/m0/s1. The van der Waals surface area contributed by atoms with E-state index in [2.05, 4.69) is 24.0 Å². The van der Waals surface area contributed by atoms with E-state index in [1.807, 2.05) is 25.1 Å². The second kappa shape index (κ2) is 6.75. The summed E-state index contributed by atoms with van der Waals surface area (Å²) in [6.07, 6.45) is 3.71. The fourth-order valence-electron chi connectivity index (χ4n) is 2.46. The van der Waals surface area contributed by atoms with Gasteiger partial charge in [-0.2, -0.15) is 0 Å². The summed E-state index contributed by atoms with van der Waals surface area (Å²) < 4.78 is 5.57. The molecule has 0 saturated heterocycles. The molecule has 19 heavy (non-hydrogen) atoms. The van der Waals surface area contributed by atoms with E-state index in [0.29, 0.717) is 13.2 Å². The monoisotopic (exact) mass is 258 g/mol. The minimum absolute atomic E-state index is 0.140. The molecule has 0 unspecified atom stereocenters. The fraction of sp³-hybridized carbons (Fsp3) is 0.529. The van der Waals surface area contributed by atoms with Crippen LogP contribution in [0.25, 0.3) is 0 Å². The molecule has 1 aromatic rings. The molecule has 2 rings (SSSR count). The van der Waals surface area contributed by atoms with E-state index in [-0.39, 0.29) is 5.92 Å². The summed E-state index contributed by atoms with van der Waals surface area (Å²) in [6, 6.07) is 10.1. The Morgan fingerprint density at radius 2 is 2.16 bits per heavy atom. The number of aliphatic hydroxyl groups is 1. The highest BCUT2D eigenvalue weighted by Crippen LogP contribution is 2.34. The first-order chi connectivity index (χ1) is 9.18. The third-order valence-corrected chi connectivity index (χ3v) is 3.69. The van der Waals surface area contributed by atoms with Gasteiger partial charge in [0.25, 0.3) is 0 Å². The summed E-state index contributed by atoms with van der Waals surface area (Å²) >= 11 is 0. The Hall–Kier alpha value is -1.30. The van der Waals surface area contributed by atoms with Gasteiger partial charge in [0.2, 0.25) is 0 Å². The minimum atomic E-state index is -0.585. The van der Waals surface area contributed by atoms with Crippen LogP contribution in [0.4, 0.5) is 0 Å². The van der Waals surface area contributed by atoms with Crippen molar-refractivity contribution in [2.45, 2.75) is 44.8 Å². The summed E-state index contributed by atoms with van der Waals surface area (Å²) in [6.45, 7) is 3.19. The number of benzene rings is 1. The normalized spacial score (nSPS) is 25.9. The average Bonchev–Trinajstić information content (AvgIpc) is 2.74. The minimum Gasteiger partial charge on any atom is -0.389 e. The van der Waals surface area contributed by atoms with E-state index in [0.717, 1.165) is 25.7 Å². The maximum atomic E-state index is 10.1. The van der Waals surface area contributed by atoms with Crippen LogP contribution in [0.15, 0.2) is 30.3 Å². The molecule has 2 heteroatoms. The quantitative estimate of drug-likeness (QED) is 0.664. The highest BCUT2D eigenvalue weighted by atomic mass is 16.5. The van der Waals surface area contributed by atoms with Crippen molar-refractivity contribution in [1.29, 1.82) is 0 Å². The van der Waals surface area contributed by atoms with Gasteiger partial charge in [-0.3, -0.25) is 0 Å². The molecule has 2 nitrogen and oxygen atoms in total. The molecule has 1 aliphatic rings. The van der Waals surface area contributed by atoms with Crippen molar-refractivity contribution >= 4 is 0 Å². The van der Waals surface area contributed by atoms with Gasteiger partial charge in [0.15, 0.2) is 0 Å². The van der Waals surface area contributed by atoms with Crippen LogP contribution in [0, 0.1) is 17.8 Å². The lowest BCUT2D eigenvalue weighted by Crippen LogP contribution is -2.27. The van der Waals surface area contributed by atoms with Gasteiger partial charge in [-0.1, -0.05) is 36.3 Å². The SMILES string of the molecule is C[C@]1(O)CCC[C@@H]1C#CCCOCc1ccccc1. The Bertz CT molecular complexity index is 439. The molecule has 0 bridgehead atoms. The molecule has 1 aromatic carbocycles. The van der Waals surface area contributed by atoms with Gasteiger partial charge in [0.1, 0.15) is 0 Å². The van der Waals surface area contributed by atoms with Gasteiger partial charge in [-0.15, -0.1) is 5.92 Å². The fourth-order valence-corrected chi connectivity index (χ4v) is 2.46. The first kappa shape index (κ1) is 14.1. The number of rotatable bonds is 4. The number of hydrogen-bond acceptors (Lipinski definition) is 2. The molecule has 0 aromatic heterocycles. The van der Waals surface area contributed by atoms with Crippen molar-refractivity contribution < 1.29 is 9.84 Å². The molecule has 1 aliphatic carbocycles.